The summed E-state index contributed by atoms with van der Waals surface area (Å²) in [6, 6.07) is 12.2. The predicted molar refractivity (Wildman–Crippen MR) is 85.0 cm³/mol. The van der Waals surface area contributed by atoms with Gasteiger partial charge in [-0.3, -0.25) is 4.79 Å². The van der Waals surface area contributed by atoms with Crippen LogP contribution in [0, 0.1) is 13.8 Å². The lowest BCUT2D eigenvalue weighted by molar-refractivity contribution is -0.697. The maximum absolute atomic E-state index is 11.9. The lowest BCUT2D eigenvalue weighted by Gasteiger charge is -2.07. The number of benzene rings is 1. The second-order valence-electron chi connectivity index (χ2n) is 5.49. The van der Waals surface area contributed by atoms with Crippen LogP contribution in [0.5, 0.6) is 0 Å². The number of nitrogens with zero attached hydrogens (tertiary/aromatic N) is 1. The van der Waals surface area contributed by atoms with Crippen LogP contribution in [0.4, 0.5) is 5.69 Å². The highest BCUT2D eigenvalue weighted by atomic mass is 16.1. The Bertz CT molecular complexity index is 573. The van der Waals surface area contributed by atoms with E-state index in [9.17, 15) is 4.79 Å². The quantitative estimate of drug-likeness (QED) is 0.639. The molecule has 0 fully saturated rings. The standard InChI is InChI=1S/C18H22N2O/c1-15-12-16(2)14-17(13-15)19-18(21)8-4-7-11-20-9-5-3-6-10-20/h3,5-6,9-10,12-14H,4,7-8,11H2,1-2H3/p+1. The fourth-order valence-corrected chi connectivity index (χ4v) is 2.43. The van der Waals surface area contributed by atoms with E-state index in [0.717, 1.165) is 25.1 Å². The summed E-state index contributed by atoms with van der Waals surface area (Å²) in [5.74, 6) is 0.0954. The van der Waals surface area contributed by atoms with Crippen molar-refractivity contribution >= 4 is 11.6 Å². The fourth-order valence-electron chi connectivity index (χ4n) is 2.43. The van der Waals surface area contributed by atoms with Crippen LogP contribution in [0.2, 0.25) is 0 Å². The molecule has 21 heavy (non-hydrogen) atoms. The van der Waals surface area contributed by atoms with Crippen LogP contribution in [0.25, 0.3) is 0 Å². The maximum Gasteiger partial charge on any atom is 0.224 e. The van der Waals surface area contributed by atoms with Gasteiger partial charge in [-0.15, -0.1) is 0 Å². The third-order valence-electron chi connectivity index (χ3n) is 3.35. The van der Waals surface area contributed by atoms with Gasteiger partial charge in [-0.25, -0.2) is 4.57 Å². The van der Waals surface area contributed by atoms with E-state index in [2.05, 4.69) is 28.3 Å². The minimum atomic E-state index is 0.0954. The molecule has 1 heterocycles. The van der Waals surface area contributed by atoms with Gasteiger partial charge in [0.05, 0.1) is 0 Å². The summed E-state index contributed by atoms with van der Waals surface area (Å²) in [5, 5.41) is 2.98. The molecule has 0 unspecified atom stereocenters. The summed E-state index contributed by atoms with van der Waals surface area (Å²) in [4.78, 5) is 11.9. The van der Waals surface area contributed by atoms with Gasteiger partial charge in [0, 0.05) is 30.7 Å². The fraction of sp³-hybridized carbons (Fsp3) is 0.333. The van der Waals surface area contributed by atoms with Gasteiger partial charge in [-0.2, -0.15) is 0 Å². The van der Waals surface area contributed by atoms with Gasteiger partial charge >= 0.3 is 0 Å². The Balaban J connectivity index is 1.72. The van der Waals surface area contributed by atoms with Crippen molar-refractivity contribution in [2.24, 2.45) is 0 Å². The Labute approximate surface area is 126 Å². The van der Waals surface area contributed by atoms with Crippen molar-refractivity contribution in [1.82, 2.24) is 0 Å². The number of nitrogens with one attached hydrogen (secondary N) is 1. The zero-order chi connectivity index (χ0) is 15.1. The average Bonchev–Trinajstić information content (AvgIpc) is 2.43. The molecule has 0 aliphatic rings. The summed E-state index contributed by atoms with van der Waals surface area (Å²) in [7, 11) is 0. The molecule has 2 rings (SSSR count). The summed E-state index contributed by atoms with van der Waals surface area (Å²) in [5.41, 5.74) is 3.24. The zero-order valence-electron chi connectivity index (χ0n) is 12.8. The molecular weight excluding hydrogens is 260 g/mol. The highest BCUT2D eigenvalue weighted by molar-refractivity contribution is 5.90. The number of aryl methyl sites for hydroxylation is 3. The lowest BCUT2D eigenvalue weighted by atomic mass is 10.1. The third-order valence-corrected chi connectivity index (χ3v) is 3.35. The first kappa shape index (κ1) is 15.2. The van der Waals surface area contributed by atoms with Crippen molar-refractivity contribution in [2.45, 2.75) is 39.7 Å². The number of aromatic nitrogens is 1. The molecule has 0 saturated heterocycles. The minimum absolute atomic E-state index is 0.0954. The summed E-state index contributed by atoms with van der Waals surface area (Å²) in [6.07, 6.45) is 6.58. The number of pyridine rings is 1. The van der Waals surface area contributed by atoms with Gasteiger partial charge in [-0.05, 0) is 43.5 Å². The van der Waals surface area contributed by atoms with Crippen molar-refractivity contribution in [2.75, 3.05) is 5.32 Å². The van der Waals surface area contributed by atoms with E-state index in [4.69, 9.17) is 0 Å². The van der Waals surface area contributed by atoms with E-state index in [1.54, 1.807) is 0 Å². The van der Waals surface area contributed by atoms with Gasteiger partial charge in [0.1, 0.15) is 6.54 Å². The predicted octanol–water partition coefficient (Wildman–Crippen LogP) is 3.40. The topological polar surface area (TPSA) is 33.0 Å². The van der Waals surface area contributed by atoms with Crippen molar-refractivity contribution in [3.63, 3.8) is 0 Å². The molecule has 0 radical (unpaired) electrons. The smallest absolute Gasteiger partial charge is 0.224 e. The highest BCUT2D eigenvalue weighted by Crippen LogP contribution is 2.14. The molecule has 0 bridgehead atoms. The highest BCUT2D eigenvalue weighted by Gasteiger charge is 2.05. The molecule has 3 nitrogen and oxygen atoms in total. The second kappa shape index (κ2) is 7.58. The Kier molecular flexibility index (Phi) is 5.50. The molecule has 1 aromatic carbocycles. The lowest BCUT2D eigenvalue weighted by Crippen LogP contribution is -2.32. The van der Waals surface area contributed by atoms with E-state index in [1.165, 1.54) is 11.1 Å². The molecule has 2 aromatic rings. The van der Waals surface area contributed by atoms with E-state index < -0.39 is 0 Å². The van der Waals surface area contributed by atoms with Crippen molar-refractivity contribution in [1.29, 1.82) is 0 Å². The van der Waals surface area contributed by atoms with Crippen LogP contribution in [0.3, 0.4) is 0 Å². The zero-order valence-corrected chi connectivity index (χ0v) is 12.8. The monoisotopic (exact) mass is 283 g/mol. The van der Waals surface area contributed by atoms with Gasteiger partial charge in [0.15, 0.2) is 12.4 Å². The summed E-state index contributed by atoms with van der Waals surface area (Å²) >= 11 is 0. The van der Waals surface area contributed by atoms with Crippen LogP contribution < -0.4 is 9.88 Å². The number of carbonyl (C=O) groups excluding carboxylic acids is 1. The maximum atomic E-state index is 11.9. The number of hydrogen-bond donors (Lipinski definition) is 1. The second-order valence-corrected chi connectivity index (χ2v) is 5.49. The van der Waals surface area contributed by atoms with Crippen LogP contribution >= 0.6 is 0 Å². The van der Waals surface area contributed by atoms with Crippen LogP contribution in [0.15, 0.2) is 48.8 Å². The van der Waals surface area contributed by atoms with Crippen molar-refractivity contribution < 1.29 is 9.36 Å². The molecule has 0 saturated carbocycles. The Morgan fingerprint density at radius 3 is 2.33 bits per heavy atom. The van der Waals surface area contributed by atoms with E-state index in [1.807, 2.05) is 44.2 Å². The van der Waals surface area contributed by atoms with Crippen molar-refractivity contribution in [3.8, 4) is 0 Å². The minimum Gasteiger partial charge on any atom is -0.326 e. The van der Waals surface area contributed by atoms with Gasteiger partial charge in [-0.1, -0.05) is 12.1 Å². The first-order chi connectivity index (χ1) is 10.1. The normalized spacial score (nSPS) is 10.4. The first-order valence-corrected chi connectivity index (χ1v) is 7.46. The van der Waals surface area contributed by atoms with Gasteiger partial charge < -0.3 is 5.32 Å². The molecule has 3 heteroatoms. The van der Waals surface area contributed by atoms with E-state index in [0.29, 0.717) is 6.42 Å². The molecule has 0 aliphatic carbocycles. The van der Waals surface area contributed by atoms with Gasteiger partial charge in [0.25, 0.3) is 0 Å². The number of unbranched alkanes of at least 4 members (excludes halogenated alkanes) is 1. The number of rotatable bonds is 6. The summed E-state index contributed by atoms with van der Waals surface area (Å²) in [6.45, 7) is 5.04. The van der Waals surface area contributed by atoms with Crippen LogP contribution in [0.1, 0.15) is 30.4 Å². The molecule has 1 aromatic heterocycles. The summed E-state index contributed by atoms with van der Waals surface area (Å²) < 4.78 is 2.14. The molecule has 1 N–H and O–H groups in total. The Morgan fingerprint density at radius 2 is 1.67 bits per heavy atom. The van der Waals surface area contributed by atoms with Crippen LogP contribution in [-0.2, 0) is 11.3 Å². The number of hydrogen-bond acceptors (Lipinski definition) is 1. The van der Waals surface area contributed by atoms with Gasteiger partial charge in [0.2, 0.25) is 5.91 Å². The Morgan fingerprint density at radius 1 is 1.00 bits per heavy atom. The molecule has 0 atom stereocenters. The SMILES string of the molecule is Cc1cc(C)cc(NC(=O)CCCC[n+]2ccccc2)c1. The molecule has 0 spiro atoms. The number of anilines is 1. The van der Waals surface area contributed by atoms with E-state index in [-0.39, 0.29) is 5.91 Å². The van der Waals surface area contributed by atoms with E-state index >= 15 is 0 Å². The molecule has 1 amide bonds. The average molecular weight is 283 g/mol. The molecular formula is C18H23N2O+. The first-order valence-electron chi connectivity index (χ1n) is 7.46. The van der Waals surface area contributed by atoms with Crippen LogP contribution in [-0.4, -0.2) is 5.91 Å². The molecule has 110 valence electrons. The third kappa shape index (κ3) is 5.38. The Hall–Kier alpha value is -2.16. The number of amides is 1. The largest absolute Gasteiger partial charge is 0.326 e. The van der Waals surface area contributed by atoms with Crippen molar-refractivity contribution in [3.05, 3.63) is 59.9 Å². The number of carbonyl (C=O) groups is 1. The molecule has 0 aliphatic heterocycles.